The monoisotopic (exact) mass is 779 g/mol. The minimum Gasteiger partial charge on any atom is -0.310 e. The van der Waals surface area contributed by atoms with Gasteiger partial charge in [0, 0.05) is 27.6 Å². The topological polar surface area (TPSA) is 3.24 Å². The van der Waals surface area contributed by atoms with Gasteiger partial charge in [-0.15, -0.1) is 0 Å². The van der Waals surface area contributed by atoms with Crippen LogP contribution < -0.4 is 4.90 Å². The average molecular weight is 780 g/mol. The second-order valence-electron chi connectivity index (χ2n) is 18.1. The van der Waals surface area contributed by atoms with Gasteiger partial charge in [-0.3, -0.25) is 0 Å². The van der Waals surface area contributed by atoms with Crippen LogP contribution in [0.1, 0.15) is 49.9 Å². The maximum absolute atomic E-state index is 2.49. The lowest BCUT2D eigenvalue weighted by atomic mass is 9.67. The molecule has 290 valence electrons. The zero-order chi connectivity index (χ0) is 41.0. The molecule has 0 atom stereocenters. The van der Waals surface area contributed by atoms with Crippen LogP contribution in [-0.4, -0.2) is 0 Å². The van der Waals surface area contributed by atoms with Crippen molar-refractivity contribution >= 4 is 49.4 Å². The fourth-order valence-corrected chi connectivity index (χ4v) is 10.9. The van der Waals surface area contributed by atoms with Crippen LogP contribution in [0.5, 0.6) is 0 Å². The normalized spacial score (nSPS) is 14.2. The quantitative estimate of drug-likeness (QED) is 0.157. The summed E-state index contributed by atoms with van der Waals surface area (Å²) in [4.78, 5) is 2.49. The number of nitrogens with zero attached hydrogens (tertiary/aromatic N) is 1. The van der Waals surface area contributed by atoms with Crippen LogP contribution >= 0.6 is 0 Å². The first kappa shape index (κ1) is 35.7. The van der Waals surface area contributed by atoms with Crippen molar-refractivity contribution in [3.8, 4) is 44.5 Å². The molecule has 0 saturated carbocycles. The summed E-state index contributed by atoms with van der Waals surface area (Å²) in [5, 5.41) is 7.63. The first-order valence-electron chi connectivity index (χ1n) is 21.6. The Morgan fingerprint density at radius 3 is 1.74 bits per heavy atom. The minimum absolute atomic E-state index is 0.0777. The summed E-state index contributed by atoms with van der Waals surface area (Å²) in [6.07, 6.45) is 0. The maximum atomic E-state index is 2.49. The third kappa shape index (κ3) is 5.26. The first-order valence-corrected chi connectivity index (χ1v) is 21.6. The molecule has 0 radical (unpaired) electrons. The zero-order valence-corrected chi connectivity index (χ0v) is 35.0. The third-order valence-corrected chi connectivity index (χ3v) is 14.0. The molecule has 10 aromatic carbocycles. The van der Waals surface area contributed by atoms with E-state index in [0.717, 1.165) is 11.4 Å². The highest BCUT2D eigenvalue weighted by Gasteiger charge is 2.38. The summed E-state index contributed by atoms with van der Waals surface area (Å²) in [5.74, 6) is 0. The van der Waals surface area contributed by atoms with Gasteiger partial charge in [0.25, 0.3) is 0 Å². The maximum Gasteiger partial charge on any atom is 0.0546 e. The van der Waals surface area contributed by atoms with Crippen molar-refractivity contribution in [1.82, 2.24) is 0 Å². The smallest absolute Gasteiger partial charge is 0.0546 e. The molecule has 1 heteroatoms. The lowest BCUT2D eigenvalue weighted by molar-refractivity contribution is 0.645. The molecule has 0 heterocycles. The Morgan fingerprint density at radius 2 is 0.902 bits per heavy atom. The van der Waals surface area contributed by atoms with E-state index in [1.165, 1.54) is 105 Å². The van der Waals surface area contributed by atoms with Crippen LogP contribution in [0.2, 0.25) is 0 Å². The summed E-state index contributed by atoms with van der Waals surface area (Å²) in [6.45, 7) is 9.59. The molecular formula is C60H45N. The molecule has 0 aromatic heterocycles. The molecule has 10 aromatic rings. The number of hydrogen-bond donors (Lipinski definition) is 0. The van der Waals surface area contributed by atoms with E-state index >= 15 is 0 Å². The lowest BCUT2D eigenvalue weighted by Crippen LogP contribution is -2.24. The van der Waals surface area contributed by atoms with Crippen LogP contribution in [0, 0.1) is 0 Å². The van der Waals surface area contributed by atoms with E-state index in [-0.39, 0.29) is 10.8 Å². The Kier molecular flexibility index (Phi) is 7.69. The second kappa shape index (κ2) is 13.1. The fourth-order valence-electron chi connectivity index (χ4n) is 10.9. The highest BCUT2D eigenvalue weighted by atomic mass is 15.1. The number of benzene rings is 10. The van der Waals surface area contributed by atoms with Crippen molar-refractivity contribution in [3.63, 3.8) is 0 Å². The van der Waals surface area contributed by atoms with Gasteiger partial charge in [0.2, 0.25) is 0 Å². The van der Waals surface area contributed by atoms with Crippen LogP contribution in [0.4, 0.5) is 17.1 Å². The van der Waals surface area contributed by atoms with Gasteiger partial charge in [-0.2, -0.15) is 0 Å². The molecular weight excluding hydrogens is 735 g/mol. The molecule has 0 bridgehead atoms. The molecule has 0 spiro atoms. The molecule has 2 aliphatic rings. The first-order chi connectivity index (χ1) is 29.8. The average Bonchev–Trinajstić information content (AvgIpc) is 3.53. The molecule has 0 fully saturated rings. The standard InChI is InChI=1S/C60H45N/c1-59(2)52-23-13-12-21-48(52)49-33-28-42(35-54(49)59)46-32-27-40-18-14-24-53-57(40)58(46)51-34-31-44(37-55(51)60(53,3)4)61(43-29-25-39(26-30-43)38-15-6-5-7-16-38)56-36-41-17-8-9-19-45(41)47-20-10-11-22-50(47)56/h5-37H,1-4H3. The lowest BCUT2D eigenvalue weighted by Gasteiger charge is -2.37. The van der Waals surface area contributed by atoms with Gasteiger partial charge in [0.05, 0.1) is 5.69 Å². The van der Waals surface area contributed by atoms with Gasteiger partial charge in [0.1, 0.15) is 0 Å². The van der Waals surface area contributed by atoms with Crippen molar-refractivity contribution in [2.45, 2.75) is 38.5 Å². The number of anilines is 3. The molecule has 0 unspecified atom stereocenters. The third-order valence-electron chi connectivity index (χ3n) is 14.0. The summed E-state index contributed by atoms with van der Waals surface area (Å²) < 4.78 is 0. The van der Waals surface area contributed by atoms with Crippen LogP contribution in [0.3, 0.4) is 0 Å². The number of rotatable bonds is 5. The molecule has 61 heavy (non-hydrogen) atoms. The van der Waals surface area contributed by atoms with Gasteiger partial charge in [-0.1, -0.05) is 191 Å². The molecule has 0 aliphatic heterocycles. The van der Waals surface area contributed by atoms with Gasteiger partial charge in [0.15, 0.2) is 0 Å². The summed E-state index contributed by atoms with van der Waals surface area (Å²) in [6, 6.07) is 74.9. The summed E-state index contributed by atoms with van der Waals surface area (Å²) >= 11 is 0. The fraction of sp³-hybridized carbons (Fsp3) is 0.100. The van der Waals surface area contributed by atoms with Crippen molar-refractivity contribution in [1.29, 1.82) is 0 Å². The van der Waals surface area contributed by atoms with E-state index in [1.807, 2.05) is 0 Å². The van der Waals surface area contributed by atoms with Crippen molar-refractivity contribution in [2.24, 2.45) is 0 Å². The van der Waals surface area contributed by atoms with Gasteiger partial charge >= 0.3 is 0 Å². The van der Waals surface area contributed by atoms with Crippen molar-refractivity contribution in [3.05, 3.63) is 222 Å². The van der Waals surface area contributed by atoms with Crippen LogP contribution in [0.15, 0.2) is 200 Å². The van der Waals surface area contributed by atoms with Gasteiger partial charge in [-0.05, 0) is 130 Å². The summed E-state index contributed by atoms with van der Waals surface area (Å²) in [5.41, 5.74) is 18.9. The highest BCUT2D eigenvalue weighted by molar-refractivity contribution is 6.15. The Labute approximate surface area is 358 Å². The number of fused-ring (bicyclic) bond motifs is 8. The Bertz CT molecular complexity index is 3400. The number of hydrogen-bond acceptors (Lipinski definition) is 1. The predicted molar refractivity (Wildman–Crippen MR) is 260 cm³/mol. The molecule has 12 rings (SSSR count). The van der Waals surface area contributed by atoms with E-state index in [2.05, 4.69) is 233 Å². The molecule has 0 amide bonds. The van der Waals surface area contributed by atoms with Crippen molar-refractivity contribution < 1.29 is 0 Å². The van der Waals surface area contributed by atoms with E-state index < -0.39 is 0 Å². The van der Waals surface area contributed by atoms with Gasteiger partial charge in [-0.25, -0.2) is 0 Å². The van der Waals surface area contributed by atoms with Crippen LogP contribution in [-0.2, 0) is 10.8 Å². The Hall–Kier alpha value is -7.22. The molecule has 0 N–H and O–H groups in total. The van der Waals surface area contributed by atoms with Crippen LogP contribution in [0.25, 0.3) is 76.8 Å². The second-order valence-corrected chi connectivity index (χ2v) is 18.1. The predicted octanol–water partition coefficient (Wildman–Crippen LogP) is 16.6. The largest absolute Gasteiger partial charge is 0.310 e. The van der Waals surface area contributed by atoms with E-state index in [0.29, 0.717) is 0 Å². The SMILES string of the molecule is CC1(C)c2ccccc2-c2ccc(-c3ccc4cccc5c4c3-c3ccc(N(c4ccc(-c6ccccc6)cc4)c4cc6ccccc6c6ccccc46)cc3C5(C)C)cc21. The van der Waals surface area contributed by atoms with E-state index in [9.17, 15) is 0 Å². The zero-order valence-electron chi connectivity index (χ0n) is 35.0. The summed E-state index contributed by atoms with van der Waals surface area (Å²) in [7, 11) is 0. The minimum atomic E-state index is -0.258. The Morgan fingerprint density at radius 1 is 0.328 bits per heavy atom. The molecule has 0 saturated heterocycles. The van der Waals surface area contributed by atoms with E-state index in [4.69, 9.17) is 0 Å². The highest BCUT2D eigenvalue weighted by Crippen LogP contribution is 2.55. The van der Waals surface area contributed by atoms with Gasteiger partial charge < -0.3 is 4.90 Å². The molecule has 1 nitrogen and oxygen atoms in total. The van der Waals surface area contributed by atoms with E-state index in [1.54, 1.807) is 0 Å². The Balaban J connectivity index is 1.09. The molecule has 2 aliphatic carbocycles. The van der Waals surface area contributed by atoms with Crippen molar-refractivity contribution in [2.75, 3.05) is 4.90 Å².